The van der Waals surface area contributed by atoms with Crippen LogP contribution in [-0.4, -0.2) is 66.6 Å². The molecule has 0 saturated carbocycles. The molecule has 0 N–H and O–H groups in total. The Kier molecular flexibility index (Phi) is 6.98. The number of nitrogens with zero attached hydrogens (tertiary/aromatic N) is 5. The molecule has 3 rings (SSSR count). The van der Waals surface area contributed by atoms with E-state index in [1.165, 1.54) is 5.69 Å². The van der Waals surface area contributed by atoms with Crippen LogP contribution in [0.4, 0.5) is 5.69 Å². The minimum absolute atomic E-state index is 0.0289. The van der Waals surface area contributed by atoms with E-state index in [1.807, 2.05) is 18.9 Å². The number of aromatic nitrogens is 3. The number of thiazole rings is 1. The van der Waals surface area contributed by atoms with Gasteiger partial charge in [0.25, 0.3) is 5.56 Å². The number of hydrogen-bond donors (Lipinski definition) is 0. The summed E-state index contributed by atoms with van der Waals surface area (Å²) >= 11 is 1.70. The van der Waals surface area contributed by atoms with E-state index in [2.05, 4.69) is 20.4 Å². The summed E-state index contributed by atoms with van der Waals surface area (Å²) in [5.41, 5.74) is 1.97. The van der Waals surface area contributed by atoms with Gasteiger partial charge in [0.15, 0.2) is 0 Å². The van der Waals surface area contributed by atoms with Crippen LogP contribution in [0.3, 0.4) is 0 Å². The van der Waals surface area contributed by atoms with Gasteiger partial charge in [-0.1, -0.05) is 0 Å². The molecule has 1 aliphatic heterocycles. The molecule has 0 aliphatic carbocycles. The van der Waals surface area contributed by atoms with Crippen molar-refractivity contribution in [3.8, 4) is 0 Å². The molecule has 1 saturated heterocycles. The second kappa shape index (κ2) is 9.43. The van der Waals surface area contributed by atoms with E-state index >= 15 is 0 Å². The molecule has 0 aromatic carbocycles. The standard InChI is InChI=1S/C19H29N5O2S/c1-15-21-16(14-27-15)6-8-23-7-4-5-17(13-23)24-19(25)11-18(12-20-24)22(2)9-10-26-3/h11-12,14,17H,4-10,13H2,1-3H3. The fraction of sp³-hybridized carbons (Fsp3) is 0.632. The number of ether oxygens (including phenoxy) is 1. The highest BCUT2D eigenvalue weighted by molar-refractivity contribution is 7.09. The summed E-state index contributed by atoms with van der Waals surface area (Å²) in [6, 6.07) is 1.82. The largest absolute Gasteiger partial charge is 0.383 e. The molecule has 148 valence electrons. The maximum absolute atomic E-state index is 12.6. The van der Waals surface area contributed by atoms with Crippen molar-refractivity contribution in [2.75, 3.05) is 51.8 Å². The summed E-state index contributed by atoms with van der Waals surface area (Å²) in [6.07, 6.45) is 4.83. The van der Waals surface area contributed by atoms with Gasteiger partial charge < -0.3 is 14.5 Å². The molecule has 7 nitrogen and oxygen atoms in total. The van der Waals surface area contributed by atoms with Gasteiger partial charge in [-0.3, -0.25) is 4.79 Å². The van der Waals surface area contributed by atoms with E-state index < -0.39 is 0 Å². The molecule has 27 heavy (non-hydrogen) atoms. The molecule has 0 amide bonds. The van der Waals surface area contributed by atoms with Crippen molar-refractivity contribution in [1.82, 2.24) is 19.7 Å². The first-order valence-electron chi connectivity index (χ1n) is 9.49. The lowest BCUT2D eigenvalue weighted by molar-refractivity contribution is 0.168. The van der Waals surface area contributed by atoms with Crippen molar-refractivity contribution in [2.24, 2.45) is 0 Å². The van der Waals surface area contributed by atoms with Crippen molar-refractivity contribution in [1.29, 1.82) is 0 Å². The van der Waals surface area contributed by atoms with Crippen LogP contribution in [0.1, 0.15) is 29.6 Å². The summed E-state index contributed by atoms with van der Waals surface area (Å²) in [5, 5.41) is 7.73. The van der Waals surface area contributed by atoms with Crippen molar-refractivity contribution < 1.29 is 4.74 Å². The predicted octanol–water partition coefficient (Wildman–Crippen LogP) is 1.97. The average molecular weight is 392 g/mol. The lowest BCUT2D eigenvalue weighted by Crippen LogP contribution is -2.41. The van der Waals surface area contributed by atoms with Crippen LogP contribution in [0.15, 0.2) is 22.4 Å². The van der Waals surface area contributed by atoms with Gasteiger partial charge in [0.05, 0.1) is 35.2 Å². The lowest BCUT2D eigenvalue weighted by atomic mass is 10.1. The summed E-state index contributed by atoms with van der Waals surface area (Å²) in [6.45, 7) is 6.32. The number of hydrogen-bond acceptors (Lipinski definition) is 7. The molecule has 1 atom stereocenters. The lowest BCUT2D eigenvalue weighted by Gasteiger charge is -2.33. The first-order valence-corrected chi connectivity index (χ1v) is 10.4. The van der Waals surface area contributed by atoms with E-state index in [1.54, 1.807) is 35.4 Å². The smallest absolute Gasteiger partial charge is 0.269 e. The summed E-state index contributed by atoms with van der Waals surface area (Å²) < 4.78 is 6.76. The number of piperidine rings is 1. The highest BCUT2D eigenvalue weighted by atomic mass is 32.1. The van der Waals surface area contributed by atoms with E-state index in [-0.39, 0.29) is 11.6 Å². The first-order chi connectivity index (χ1) is 13.1. The minimum atomic E-state index is -0.0289. The summed E-state index contributed by atoms with van der Waals surface area (Å²) in [5.74, 6) is 0. The third-order valence-corrected chi connectivity index (χ3v) is 5.88. The fourth-order valence-electron chi connectivity index (χ4n) is 3.48. The van der Waals surface area contributed by atoms with E-state index in [4.69, 9.17) is 4.74 Å². The van der Waals surface area contributed by atoms with Crippen molar-refractivity contribution in [3.63, 3.8) is 0 Å². The molecule has 0 spiro atoms. The van der Waals surface area contributed by atoms with Gasteiger partial charge in [-0.05, 0) is 26.3 Å². The normalized spacial score (nSPS) is 18.0. The molecule has 1 unspecified atom stereocenters. The predicted molar refractivity (Wildman–Crippen MR) is 109 cm³/mol. The van der Waals surface area contributed by atoms with Gasteiger partial charge in [-0.25, -0.2) is 9.67 Å². The Bertz CT molecular complexity index is 790. The second-order valence-electron chi connectivity index (χ2n) is 7.12. The summed E-state index contributed by atoms with van der Waals surface area (Å²) in [4.78, 5) is 21.6. The van der Waals surface area contributed by atoms with E-state index in [0.717, 1.165) is 56.1 Å². The Morgan fingerprint density at radius 2 is 2.30 bits per heavy atom. The molecular weight excluding hydrogens is 362 g/mol. The van der Waals surface area contributed by atoms with Crippen molar-refractivity contribution >= 4 is 17.0 Å². The number of likely N-dealkylation sites (tertiary alicyclic amines) is 1. The molecular formula is C19H29N5O2S. The monoisotopic (exact) mass is 391 g/mol. The van der Waals surface area contributed by atoms with Crippen LogP contribution >= 0.6 is 11.3 Å². The Hall–Kier alpha value is -1.77. The van der Waals surface area contributed by atoms with Crippen LogP contribution in [0.2, 0.25) is 0 Å². The van der Waals surface area contributed by atoms with E-state index in [9.17, 15) is 4.79 Å². The molecule has 1 fully saturated rings. The van der Waals surface area contributed by atoms with Gasteiger partial charge >= 0.3 is 0 Å². The van der Waals surface area contributed by atoms with Gasteiger partial charge in [0.2, 0.25) is 0 Å². The Labute approximate surface area is 164 Å². The van der Waals surface area contributed by atoms with Crippen LogP contribution < -0.4 is 10.5 Å². The highest BCUT2D eigenvalue weighted by Crippen LogP contribution is 2.20. The molecule has 2 aromatic heterocycles. The van der Waals surface area contributed by atoms with Crippen LogP contribution in [0.5, 0.6) is 0 Å². The number of rotatable bonds is 8. The number of aryl methyl sites for hydroxylation is 1. The SMILES string of the molecule is COCCN(C)c1cnn(C2CCCN(CCc3csc(C)n3)C2)c(=O)c1. The van der Waals surface area contributed by atoms with Gasteiger partial charge in [0, 0.05) is 51.7 Å². The highest BCUT2D eigenvalue weighted by Gasteiger charge is 2.23. The van der Waals surface area contributed by atoms with Crippen LogP contribution in [0.25, 0.3) is 0 Å². The molecule has 3 heterocycles. The Balaban J connectivity index is 1.60. The topological polar surface area (TPSA) is 63.5 Å². The third-order valence-electron chi connectivity index (χ3n) is 5.06. The molecule has 8 heteroatoms. The van der Waals surface area contributed by atoms with E-state index in [0.29, 0.717) is 6.61 Å². The zero-order chi connectivity index (χ0) is 19.2. The average Bonchev–Trinajstić information content (AvgIpc) is 3.10. The van der Waals surface area contributed by atoms with Gasteiger partial charge in [-0.2, -0.15) is 5.10 Å². The van der Waals surface area contributed by atoms with Crippen LogP contribution in [0, 0.1) is 6.92 Å². The van der Waals surface area contributed by atoms with Crippen molar-refractivity contribution in [3.05, 3.63) is 38.7 Å². The maximum atomic E-state index is 12.6. The molecule has 0 radical (unpaired) electrons. The molecule has 0 bridgehead atoms. The molecule has 2 aromatic rings. The number of anilines is 1. The number of likely N-dealkylation sites (N-methyl/N-ethyl adjacent to an activating group) is 1. The maximum Gasteiger partial charge on any atom is 0.269 e. The zero-order valence-electron chi connectivity index (χ0n) is 16.4. The fourth-order valence-corrected chi connectivity index (χ4v) is 4.13. The van der Waals surface area contributed by atoms with Crippen molar-refractivity contribution in [2.45, 2.75) is 32.2 Å². The zero-order valence-corrected chi connectivity index (χ0v) is 17.2. The summed E-state index contributed by atoms with van der Waals surface area (Å²) in [7, 11) is 3.62. The Morgan fingerprint density at radius 3 is 3.00 bits per heavy atom. The minimum Gasteiger partial charge on any atom is -0.383 e. The quantitative estimate of drug-likeness (QED) is 0.686. The van der Waals surface area contributed by atoms with Crippen LogP contribution in [-0.2, 0) is 11.2 Å². The van der Waals surface area contributed by atoms with Gasteiger partial charge in [0.1, 0.15) is 0 Å². The Morgan fingerprint density at radius 1 is 1.44 bits per heavy atom. The van der Waals surface area contributed by atoms with Gasteiger partial charge in [-0.15, -0.1) is 11.3 Å². The molecule has 1 aliphatic rings. The third kappa shape index (κ3) is 5.37. The second-order valence-corrected chi connectivity index (χ2v) is 8.18. The number of methoxy groups -OCH3 is 1. The first kappa shape index (κ1) is 20.0.